The van der Waals surface area contributed by atoms with E-state index in [1.165, 1.54) is 11.1 Å². The lowest BCUT2D eigenvalue weighted by atomic mass is 9.94. The van der Waals surface area contributed by atoms with E-state index in [0.29, 0.717) is 5.92 Å². The topological polar surface area (TPSA) is 23.8 Å². The molecule has 2 aromatic rings. The summed E-state index contributed by atoms with van der Waals surface area (Å²) in [5, 5.41) is 9.20. The predicted molar refractivity (Wildman–Crippen MR) is 75.4 cm³/mol. The Morgan fingerprint density at radius 2 is 1.83 bits per heavy atom. The molecule has 0 unspecified atom stereocenters. The first-order valence-electron chi connectivity index (χ1n) is 6.23. The van der Waals surface area contributed by atoms with Crippen molar-refractivity contribution < 1.29 is 0 Å². The Morgan fingerprint density at radius 1 is 1.06 bits per heavy atom. The fourth-order valence-electron chi connectivity index (χ4n) is 2.06. The van der Waals surface area contributed by atoms with E-state index >= 15 is 0 Å². The monoisotopic (exact) mass is 235 g/mol. The maximum Gasteiger partial charge on any atom is 0.0998 e. The van der Waals surface area contributed by atoms with Crippen molar-refractivity contribution in [2.75, 3.05) is 0 Å². The van der Waals surface area contributed by atoms with Gasteiger partial charge >= 0.3 is 0 Å². The van der Waals surface area contributed by atoms with E-state index in [1.807, 2.05) is 12.1 Å². The number of hydrogen-bond donors (Lipinski definition) is 0. The Balaban J connectivity index is 2.58. The Bertz CT molecular complexity index is 603. The molecule has 0 spiro atoms. The lowest BCUT2D eigenvalue weighted by Crippen LogP contribution is -1.90. The normalized spacial score (nSPS) is 10.4. The van der Waals surface area contributed by atoms with E-state index in [0.717, 1.165) is 16.7 Å². The predicted octanol–water partition coefficient (Wildman–Crippen LogP) is 4.66. The summed E-state index contributed by atoms with van der Waals surface area (Å²) in [5.41, 5.74) is 5.37. The molecular weight excluding hydrogens is 218 g/mol. The van der Waals surface area contributed by atoms with E-state index < -0.39 is 0 Å². The molecule has 1 heteroatoms. The zero-order valence-corrected chi connectivity index (χ0v) is 11.1. The zero-order chi connectivity index (χ0) is 13.1. The minimum Gasteiger partial charge on any atom is -0.192 e. The van der Waals surface area contributed by atoms with Gasteiger partial charge in [-0.25, -0.2) is 0 Å². The quantitative estimate of drug-likeness (QED) is 0.742. The molecule has 2 aromatic carbocycles. The van der Waals surface area contributed by atoms with E-state index in [4.69, 9.17) is 0 Å². The first kappa shape index (κ1) is 12.4. The Labute approximate surface area is 109 Å². The zero-order valence-electron chi connectivity index (χ0n) is 11.1. The average Bonchev–Trinajstić information content (AvgIpc) is 2.39. The van der Waals surface area contributed by atoms with E-state index in [9.17, 15) is 5.26 Å². The molecule has 0 aromatic heterocycles. The molecule has 0 amide bonds. The van der Waals surface area contributed by atoms with Gasteiger partial charge in [0, 0.05) is 0 Å². The standard InChI is InChI=1S/C17H17N/c1-12(2)14-5-4-6-15(10-14)17-9-13(3)7-8-16(17)11-18/h4-10,12H,1-3H3. The number of benzene rings is 2. The molecule has 0 aliphatic heterocycles. The summed E-state index contributed by atoms with van der Waals surface area (Å²) in [6.45, 7) is 6.41. The van der Waals surface area contributed by atoms with Crippen molar-refractivity contribution in [3.63, 3.8) is 0 Å². The first-order valence-corrected chi connectivity index (χ1v) is 6.23. The summed E-state index contributed by atoms with van der Waals surface area (Å²) in [4.78, 5) is 0. The van der Waals surface area contributed by atoms with Gasteiger partial charge in [-0.2, -0.15) is 5.26 Å². The van der Waals surface area contributed by atoms with Crippen LogP contribution in [-0.2, 0) is 0 Å². The molecule has 0 atom stereocenters. The molecular formula is C17H17N. The molecule has 18 heavy (non-hydrogen) atoms. The van der Waals surface area contributed by atoms with E-state index in [1.54, 1.807) is 0 Å². The summed E-state index contributed by atoms with van der Waals surface area (Å²) < 4.78 is 0. The van der Waals surface area contributed by atoms with Crippen molar-refractivity contribution in [3.8, 4) is 17.2 Å². The van der Waals surface area contributed by atoms with Gasteiger partial charge in [0.25, 0.3) is 0 Å². The van der Waals surface area contributed by atoms with Crippen LogP contribution < -0.4 is 0 Å². The van der Waals surface area contributed by atoms with Gasteiger partial charge in [0.05, 0.1) is 11.6 Å². The number of rotatable bonds is 2. The second-order valence-electron chi connectivity index (χ2n) is 4.94. The fourth-order valence-corrected chi connectivity index (χ4v) is 2.06. The minimum absolute atomic E-state index is 0.500. The van der Waals surface area contributed by atoms with Crippen LogP contribution in [0.25, 0.3) is 11.1 Å². The van der Waals surface area contributed by atoms with Crippen LogP contribution in [0.1, 0.15) is 36.5 Å². The fraction of sp³-hybridized carbons (Fsp3) is 0.235. The number of aryl methyl sites for hydroxylation is 1. The molecule has 0 N–H and O–H groups in total. The summed E-state index contributed by atoms with van der Waals surface area (Å²) in [5.74, 6) is 0.500. The number of nitriles is 1. The average molecular weight is 235 g/mol. The molecule has 0 aliphatic rings. The van der Waals surface area contributed by atoms with Crippen molar-refractivity contribution in [2.24, 2.45) is 0 Å². The van der Waals surface area contributed by atoms with Crippen molar-refractivity contribution in [2.45, 2.75) is 26.7 Å². The van der Waals surface area contributed by atoms with Gasteiger partial charge in [0.2, 0.25) is 0 Å². The van der Waals surface area contributed by atoms with Gasteiger partial charge in [-0.3, -0.25) is 0 Å². The third-order valence-electron chi connectivity index (χ3n) is 3.16. The van der Waals surface area contributed by atoms with Gasteiger partial charge in [0.15, 0.2) is 0 Å². The third kappa shape index (κ3) is 2.43. The van der Waals surface area contributed by atoms with Crippen LogP contribution in [0.3, 0.4) is 0 Å². The molecule has 1 nitrogen and oxygen atoms in total. The van der Waals surface area contributed by atoms with Crippen LogP contribution in [0.5, 0.6) is 0 Å². The summed E-state index contributed by atoms with van der Waals surface area (Å²) >= 11 is 0. The molecule has 0 radical (unpaired) electrons. The van der Waals surface area contributed by atoms with Crippen molar-refractivity contribution in [1.82, 2.24) is 0 Å². The van der Waals surface area contributed by atoms with Crippen LogP contribution in [-0.4, -0.2) is 0 Å². The highest BCUT2D eigenvalue weighted by Gasteiger charge is 2.07. The highest BCUT2D eigenvalue weighted by atomic mass is 14.2. The first-order chi connectivity index (χ1) is 8.61. The van der Waals surface area contributed by atoms with Crippen molar-refractivity contribution in [3.05, 3.63) is 59.2 Å². The Morgan fingerprint density at radius 3 is 2.50 bits per heavy atom. The highest BCUT2D eigenvalue weighted by Crippen LogP contribution is 2.27. The third-order valence-corrected chi connectivity index (χ3v) is 3.16. The smallest absolute Gasteiger partial charge is 0.0998 e. The summed E-state index contributed by atoms with van der Waals surface area (Å²) in [6.07, 6.45) is 0. The molecule has 0 aliphatic carbocycles. The van der Waals surface area contributed by atoms with Crippen molar-refractivity contribution >= 4 is 0 Å². The summed E-state index contributed by atoms with van der Waals surface area (Å²) in [7, 11) is 0. The van der Waals surface area contributed by atoms with E-state index in [-0.39, 0.29) is 0 Å². The van der Waals surface area contributed by atoms with Gasteiger partial charge in [-0.15, -0.1) is 0 Å². The second-order valence-corrected chi connectivity index (χ2v) is 4.94. The highest BCUT2D eigenvalue weighted by molar-refractivity contribution is 5.71. The Kier molecular flexibility index (Phi) is 3.48. The largest absolute Gasteiger partial charge is 0.192 e. The minimum atomic E-state index is 0.500. The van der Waals surface area contributed by atoms with Crippen LogP contribution in [0, 0.1) is 18.3 Å². The Hall–Kier alpha value is -2.07. The maximum atomic E-state index is 9.20. The summed E-state index contributed by atoms with van der Waals surface area (Å²) in [6, 6.07) is 16.7. The molecule has 0 fully saturated rings. The van der Waals surface area contributed by atoms with Crippen LogP contribution in [0.15, 0.2) is 42.5 Å². The number of hydrogen-bond acceptors (Lipinski definition) is 1. The molecule has 0 heterocycles. The van der Waals surface area contributed by atoms with Crippen LogP contribution >= 0.6 is 0 Å². The van der Waals surface area contributed by atoms with Gasteiger partial charge in [-0.05, 0) is 35.6 Å². The second kappa shape index (κ2) is 5.06. The van der Waals surface area contributed by atoms with Gasteiger partial charge < -0.3 is 0 Å². The lowest BCUT2D eigenvalue weighted by Gasteiger charge is -2.10. The van der Waals surface area contributed by atoms with Crippen molar-refractivity contribution in [1.29, 1.82) is 5.26 Å². The van der Waals surface area contributed by atoms with Gasteiger partial charge in [-0.1, -0.05) is 55.8 Å². The molecule has 0 saturated carbocycles. The molecule has 90 valence electrons. The SMILES string of the molecule is Cc1ccc(C#N)c(-c2cccc(C(C)C)c2)c1. The number of nitrogens with zero attached hydrogens (tertiary/aromatic N) is 1. The lowest BCUT2D eigenvalue weighted by molar-refractivity contribution is 0.867. The molecule has 0 bridgehead atoms. The maximum absolute atomic E-state index is 9.20. The van der Waals surface area contributed by atoms with Crippen LogP contribution in [0.2, 0.25) is 0 Å². The van der Waals surface area contributed by atoms with Gasteiger partial charge in [0.1, 0.15) is 0 Å². The molecule has 0 saturated heterocycles. The van der Waals surface area contributed by atoms with Crippen LogP contribution in [0.4, 0.5) is 0 Å². The van der Waals surface area contributed by atoms with E-state index in [2.05, 4.69) is 57.2 Å². The molecule has 2 rings (SSSR count).